The van der Waals surface area contributed by atoms with Crippen molar-refractivity contribution in [3.8, 4) is 0 Å². The van der Waals surface area contributed by atoms with Crippen LogP contribution in [0.25, 0.3) is 0 Å². The Morgan fingerprint density at radius 3 is 1.88 bits per heavy atom. The summed E-state index contributed by atoms with van der Waals surface area (Å²) >= 11 is 0. The minimum atomic E-state index is -1.98. The van der Waals surface area contributed by atoms with Gasteiger partial charge < -0.3 is 84.6 Å². The number of hydrogen-bond acceptors (Lipinski definition) is 18. The molecular weight excluding hydrogens is 881 g/mol. The van der Waals surface area contributed by atoms with Gasteiger partial charge >= 0.3 is 11.9 Å². The number of carbonyl (C=O) groups is 2. The number of aliphatic hydroxyl groups is 10. The highest BCUT2D eigenvalue weighted by Crippen LogP contribution is 2.76. The highest BCUT2D eigenvalue weighted by Gasteiger charge is 2.70. The second kappa shape index (κ2) is 18.0. The van der Waals surface area contributed by atoms with Crippen LogP contribution in [-0.2, 0) is 38.0 Å². The zero-order chi connectivity index (χ0) is 49.1. The number of fused-ring (bicyclic) bond motifs is 7. The van der Waals surface area contributed by atoms with Crippen molar-refractivity contribution >= 4 is 11.9 Å². The number of aliphatic hydroxyl groups excluding tert-OH is 10. The molecule has 0 aromatic rings. The van der Waals surface area contributed by atoms with Crippen molar-refractivity contribution in [2.45, 2.75) is 211 Å². The minimum Gasteiger partial charge on any atom is -0.479 e. The van der Waals surface area contributed by atoms with Crippen molar-refractivity contribution in [1.82, 2.24) is 0 Å². The molecule has 7 fully saturated rings. The lowest BCUT2D eigenvalue weighted by Crippen LogP contribution is -2.67. The van der Waals surface area contributed by atoms with Gasteiger partial charge in [0.15, 0.2) is 18.7 Å². The Hall–Kier alpha value is -1.92. The van der Waals surface area contributed by atoms with E-state index in [4.69, 9.17) is 28.4 Å². The van der Waals surface area contributed by atoms with Crippen LogP contribution in [0.1, 0.15) is 113 Å². The molecule has 0 bridgehead atoms. The Bertz CT molecular complexity index is 1880. The van der Waals surface area contributed by atoms with Crippen LogP contribution in [0.15, 0.2) is 11.6 Å². The van der Waals surface area contributed by atoms with Crippen molar-refractivity contribution in [3.63, 3.8) is 0 Å². The van der Waals surface area contributed by atoms with Crippen LogP contribution in [0.5, 0.6) is 0 Å². The van der Waals surface area contributed by atoms with Gasteiger partial charge in [-0.15, -0.1) is 0 Å². The molecular formula is C48H76O19. The van der Waals surface area contributed by atoms with Crippen molar-refractivity contribution in [2.75, 3.05) is 13.2 Å². The lowest BCUT2D eigenvalue weighted by molar-refractivity contribution is -0.375. The number of carboxylic acid groups (broad SMARTS) is 1. The fourth-order valence-electron chi connectivity index (χ4n) is 15.0. The molecule has 3 aliphatic heterocycles. The summed E-state index contributed by atoms with van der Waals surface area (Å²) in [5.74, 6) is -1.96. The molecule has 11 N–H and O–H groups in total. The molecule has 19 heteroatoms. The molecule has 5 aliphatic carbocycles. The van der Waals surface area contributed by atoms with Gasteiger partial charge in [-0.2, -0.15) is 0 Å². The molecule has 3 heterocycles. The Balaban J connectivity index is 1.04. The van der Waals surface area contributed by atoms with Crippen molar-refractivity contribution < 1.29 is 94.2 Å². The highest BCUT2D eigenvalue weighted by molar-refractivity contribution is 5.79. The molecule has 0 radical (unpaired) electrons. The lowest BCUT2D eigenvalue weighted by Gasteiger charge is -2.71. The molecule has 19 nitrogen and oxygen atoms in total. The number of hydrogen-bond donors (Lipinski definition) is 11. The van der Waals surface area contributed by atoms with E-state index in [0.29, 0.717) is 25.7 Å². The van der Waals surface area contributed by atoms with E-state index < -0.39 is 134 Å². The molecule has 0 amide bonds. The van der Waals surface area contributed by atoms with Crippen LogP contribution in [-0.4, -0.2) is 180 Å². The van der Waals surface area contributed by atoms with Crippen LogP contribution in [0.3, 0.4) is 0 Å². The summed E-state index contributed by atoms with van der Waals surface area (Å²) < 4.78 is 35.7. The Kier molecular flexibility index (Phi) is 13.8. The predicted octanol–water partition coefficient (Wildman–Crippen LogP) is 0.233. The lowest BCUT2D eigenvalue weighted by atomic mass is 9.33. The monoisotopic (exact) mass is 956 g/mol. The number of carbonyl (C=O) groups excluding carboxylic acids is 1. The van der Waals surface area contributed by atoms with Gasteiger partial charge in [-0.3, -0.25) is 4.79 Å². The molecule has 0 aromatic carbocycles. The number of carboxylic acids is 1. The second-order valence-corrected chi connectivity index (χ2v) is 23.5. The first-order valence-corrected chi connectivity index (χ1v) is 24.3. The first-order valence-electron chi connectivity index (χ1n) is 24.3. The van der Waals surface area contributed by atoms with Crippen LogP contribution < -0.4 is 0 Å². The van der Waals surface area contributed by atoms with Gasteiger partial charge in [0.2, 0.25) is 6.29 Å². The fourth-order valence-corrected chi connectivity index (χ4v) is 15.0. The fraction of sp³-hybridized carbons (Fsp3) is 0.917. The average molecular weight is 957 g/mol. The number of rotatable bonds is 9. The zero-order valence-electron chi connectivity index (χ0n) is 39.7. The Morgan fingerprint density at radius 1 is 0.642 bits per heavy atom. The average Bonchev–Trinajstić information content (AvgIpc) is 3.26. The maximum atomic E-state index is 14.7. The van der Waals surface area contributed by atoms with E-state index in [1.165, 1.54) is 5.57 Å². The van der Waals surface area contributed by atoms with Gasteiger partial charge in [-0.1, -0.05) is 60.1 Å². The van der Waals surface area contributed by atoms with E-state index in [2.05, 4.69) is 54.5 Å². The molecule has 67 heavy (non-hydrogen) atoms. The normalized spacial score (nSPS) is 52.6. The first-order chi connectivity index (χ1) is 31.2. The van der Waals surface area contributed by atoms with Gasteiger partial charge in [0.05, 0.1) is 24.7 Å². The van der Waals surface area contributed by atoms with Gasteiger partial charge in [-0.25, -0.2) is 4.79 Å². The Morgan fingerprint density at radius 2 is 1.24 bits per heavy atom. The van der Waals surface area contributed by atoms with Crippen LogP contribution in [0.4, 0.5) is 0 Å². The summed E-state index contributed by atoms with van der Waals surface area (Å²) in [5.41, 5.74) is -0.931. The molecule has 8 rings (SSSR count). The predicted molar refractivity (Wildman–Crippen MR) is 231 cm³/mol. The largest absolute Gasteiger partial charge is 0.479 e. The first kappa shape index (κ1) is 51.4. The van der Waals surface area contributed by atoms with E-state index in [9.17, 15) is 65.8 Å². The van der Waals surface area contributed by atoms with Crippen molar-refractivity contribution in [2.24, 2.45) is 50.2 Å². The summed E-state index contributed by atoms with van der Waals surface area (Å²) in [6.07, 6.45) is -16.3. The van der Waals surface area contributed by atoms with E-state index in [0.717, 1.165) is 38.5 Å². The number of esters is 1. The maximum absolute atomic E-state index is 14.7. The molecule has 382 valence electrons. The van der Waals surface area contributed by atoms with E-state index >= 15 is 0 Å². The Labute approximate surface area is 391 Å². The summed E-state index contributed by atoms with van der Waals surface area (Å²) in [4.78, 5) is 26.5. The zero-order valence-corrected chi connectivity index (χ0v) is 39.7. The molecule has 8 aliphatic rings. The molecule has 3 saturated heterocycles. The van der Waals surface area contributed by atoms with E-state index in [1.54, 1.807) is 0 Å². The third-order valence-electron chi connectivity index (χ3n) is 19.3. The van der Waals surface area contributed by atoms with E-state index in [-0.39, 0.29) is 39.4 Å². The van der Waals surface area contributed by atoms with Crippen molar-refractivity contribution in [1.29, 1.82) is 0 Å². The number of aliphatic carboxylic acids is 1. The van der Waals surface area contributed by atoms with Crippen LogP contribution >= 0.6 is 0 Å². The minimum absolute atomic E-state index is 0.0776. The standard InChI is InChI=1S/C48H76O19/c1-43(2)14-16-48(42(61)67-39-34(57)30(53)28(51)23(19-49)62-39)17-15-46(6)21(22(48)18-43)8-9-26-45(5)12-11-27(44(3,4)25(45)10-13-47(26,46)7)64-41-37(32(55)29(52)24(20-50)63-41)66-40-35(58)31(54)33(56)36(65-40)38(59)60/h8,22-37,39-41,49-58H,9-20H2,1-7H3,(H,59,60)/t22-,23+,24+,25?,26+,27-,28+,29+,30-,31-,32-,33-,34+,35+,36-,37+,39-,40-,41-,45-,46+,47+,48-/m0/s1. The van der Waals surface area contributed by atoms with Gasteiger partial charge in [0.1, 0.15) is 67.1 Å². The molecule has 1 unspecified atom stereocenters. The van der Waals surface area contributed by atoms with Crippen LogP contribution in [0.2, 0.25) is 0 Å². The molecule has 23 atom stereocenters. The maximum Gasteiger partial charge on any atom is 0.335 e. The van der Waals surface area contributed by atoms with E-state index in [1.807, 2.05) is 0 Å². The highest BCUT2D eigenvalue weighted by atomic mass is 16.8. The quantitative estimate of drug-likeness (QED) is 0.0838. The molecule has 4 saturated carbocycles. The smallest absolute Gasteiger partial charge is 0.335 e. The van der Waals surface area contributed by atoms with Gasteiger partial charge in [0.25, 0.3) is 0 Å². The second-order valence-electron chi connectivity index (χ2n) is 23.5. The number of ether oxygens (including phenoxy) is 6. The SMILES string of the molecule is CC1(C)CC[C@]2(C(=O)O[C@@H]3O[C@H](CO)[C@@H](O)[C@H](O)[C@H]3O)CC[C@]3(C)C(=CC[C@@H]4[C@@]5(C)CC[C@H](O[C@@H]6O[C@H](CO)[C@@H](O)[C@H](O)[C@H]6O[C@@H]6O[C@H](C(=O)O)[C@@H](O)[C@H](O)[C@H]6O)C(C)(C)C5CC[C@]43C)[C@@H]2C1. The van der Waals surface area contributed by atoms with Gasteiger partial charge in [0, 0.05) is 0 Å². The summed E-state index contributed by atoms with van der Waals surface area (Å²) in [6.45, 7) is 14.6. The summed E-state index contributed by atoms with van der Waals surface area (Å²) in [7, 11) is 0. The summed E-state index contributed by atoms with van der Waals surface area (Å²) in [6, 6.07) is 0. The summed E-state index contributed by atoms with van der Waals surface area (Å²) in [5, 5.41) is 115. The number of allylic oxidation sites excluding steroid dienone is 2. The third kappa shape index (κ3) is 8.06. The molecule has 0 aromatic heterocycles. The van der Waals surface area contributed by atoms with Crippen LogP contribution in [0, 0.1) is 50.2 Å². The van der Waals surface area contributed by atoms with Gasteiger partial charge in [-0.05, 0) is 109 Å². The third-order valence-corrected chi connectivity index (χ3v) is 19.3. The molecule has 0 spiro atoms. The topological polar surface area (TPSA) is 312 Å². The van der Waals surface area contributed by atoms with Crippen molar-refractivity contribution in [3.05, 3.63) is 11.6 Å².